The van der Waals surface area contributed by atoms with Crippen molar-refractivity contribution < 1.29 is 14.6 Å². The van der Waals surface area contributed by atoms with Gasteiger partial charge in [0.05, 0.1) is 45.7 Å². The summed E-state index contributed by atoms with van der Waals surface area (Å²) in [4.78, 5) is 34.2. The summed E-state index contributed by atoms with van der Waals surface area (Å²) in [6.45, 7) is 3.21. The van der Waals surface area contributed by atoms with E-state index in [0.717, 1.165) is 6.42 Å². The molecule has 4 aromatic heterocycles. The fourth-order valence-electron chi connectivity index (χ4n) is 6.82. The summed E-state index contributed by atoms with van der Waals surface area (Å²) in [5, 5.41) is 25.6. The van der Waals surface area contributed by atoms with Crippen LogP contribution < -0.4 is 26.2 Å². The fraction of sp³-hybridized carbons (Fsp3) is 0.361. The Morgan fingerprint density at radius 1 is 1.08 bits per heavy atom. The van der Waals surface area contributed by atoms with Crippen molar-refractivity contribution in [1.82, 2.24) is 40.1 Å². The maximum Gasteiger partial charge on any atom is 0.277 e. The van der Waals surface area contributed by atoms with Gasteiger partial charge in [-0.3, -0.25) is 19.1 Å². The second kappa shape index (κ2) is 14.2. The molecule has 7 rings (SSSR count). The average Bonchev–Trinajstić information content (AvgIpc) is 3.71. The summed E-state index contributed by atoms with van der Waals surface area (Å²) in [5.74, 6) is 0.988. The number of amides is 1. The zero-order valence-corrected chi connectivity index (χ0v) is 30.5. The number of aliphatic hydroxyl groups is 1. The maximum atomic E-state index is 13.3. The van der Waals surface area contributed by atoms with Gasteiger partial charge >= 0.3 is 0 Å². The minimum Gasteiger partial charge on any atom is -0.481 e. The van der Waals surface area contributed by atoms with Crippen LogP contribution in [0.4, 0.5) is 0 Å². The van der Waals surface area contributed by atoms with Crippen molar-refractivity contribution >= 4 is 46.2 Å². The molecule has 1 unspecified atom stereocenters. The second-order valence-electron chi connectivity index (χ2n) is 13.4. The van der Waals surface area contributed by atoms with E-state index < -0.39 is 5.60 Å². The zero-order valence-electron chi connectivity index (χ0n) is 28.3. The molecule has 2 fully saturated rings. The molecule has 1 aliphatic heterocycles. The van der Waals surface area contributed by atoms with Gasteiger partial charge in [0.1, 0.15) is 11.3 Å². The van der Waals surface area contributed by atoms with Gasteiger partial charge in [0.15, 0.2) is 0 Å². The van der Waals surface area contributed by atoms with Crippen LogP contribution in [0.15, 0.2) is 53.6 Å². The van der Waals surface area contributed by atoms with E-state index in [1.165, 1.54) is 11.7 Å². The van der Waals surface area contributed by atoms with Crippen LogP contribution in [0.3, 0.4) is 0 Å². The molecule has 2 aliphatic rings. The summed E-state index contributed by atoms with van der Waals surface area (Å²) >= 11 is 20.9. The van der Waals surface area contributed by atoms with Gasteiger partial charge in [-0.05, 0) is 44.4 Å². The molecule has 266 valence electrons. The van der Waals surface area contributed by atoms with Crippen molar-refractivity contribution in [3.8, 4) is 39.5 Å². The van der Waals surface area contributed by atoms with E-state index in [1.54, 1.807) is 42.2 Å². The number of carbonyl (C=O) groups excluding carboxylic acids is 1. The van der Waals surface area contributed by atoms with Crippen molar-refractivity contribution in [2.45, 2.75) is 63.4 Å². The van der Waals surface area contributed by atoms with Gasteiger partial charge in [0.25, 0.3) is 5.56 Å². The summed E-state index contributed by atoms with van der Waals surface area (Å²) in [6, 6.07) is 11.1. The highest BCUT2D eigenvalue weighted by Gasteiger charge is 2.38. The monoisotopic (exact) mass is 750 g/mol. The molecular formula is C36H37Cl3N8O4. The zero-order chi connectivity index (χ0) is 36.0. The van der Waals surface area contributed by atoms with Gasteiger partial charge in [-0.25, -0.2) is 9.50 Å². The molecule has 12 nitrogen and oxygen atoms in total. The van der Waals surface area contributed by atoms with Gasteiger partial charge in [-0.1, -0.05) is 53.0 Å². The highest BCUT2D eigenvalue weighted by Crippen LogP contribution is 2.42. The third-order valence-electron chi connectivity index (χ3n) is 9.59. The van der Waals surface area contributed by atoms with Crippen molar-refractivity contribution in [2.75, 3.05) is 13.7 Å². The smallest absolute Gasteiger partial charge is 0.277 e. The van der Waals surface area contributed by atoms with Crippen LogP contribution in [0.25, 0.3) is 39.2 Å². The van der Waals surface area contributed by atoms with Crippen LogP contribution in [-0.4, -0.2) is 66.5 Å². The maximum absolute atomic E-state index is 13.3. The van der Waals surface area contributed by atoms with Crippen LogP contribution in [0.5, 0.6) is 5.88 Å². The molecule has 51 heavy (non-hydrogen) atoms. The number of fused-ring (bicyclic) bond motifs is 1. The number of benzene rings is 1. The molecule has 1 amide bonds. The van der Waals surface area contributed by atoms with Crippen molar-refractivity contribution in [2.24, 2.45) is 7.05 Å². The molecule has 0 bridgehead atoms. The lowest BCUT2D eigenvalue weighted by molar-refractivity contribution is -0.119. The summed E-state index contributed by atoms with van der Waals surface area (Å²) in [6.07, 6.45) is 6.01. The normalized spacial score (nSPS) is 20.1. The van der Waals surface area contributed by atoms with E-state index in [0.29, 0.717) is 110 Å². The first-order valence-corrected chi connectivity index (χ1v) is 17.8. The lowest BCUT2D eigenvalue weighted by atomic mass is 9.77. The highest BCUT2D eigenvalue weighted by molar-refractivity contribution is 6.39. The largest absolute Gasteiger partial charge is 0.481 e. The van der Waals surface area contributed by atoms with E-state index in [1.807, 2.05) is 25.1 Å². The van der Waals surface area contributed by atoms with Gasteiger partial charge in [-0.15, -0.1) is 0 Å². The Labute approximate surface area is 309 Å². The molecule has 0 spiro atoms. The number of rotatable bonds is 11. The molecular weight excluding hydrogens is 715 g/mol. The van der Waals surface area contributed by atoms with E-state index in [-0.39, 0.29) is 23.6 Å². The van der Waals surface area contributed by atoms with Crippen molar-refractivity contribution in [1.29, 1.82) is 0 Å². The van der Waals surface area contributed by atoms with Crippen molar-refractivity contribution in [3.63, 3.8) is 0 Å². The van der Waals surface area contributed by atoms with E-state index in [9.17, 15) is 14.7 Å². The molecule has 1 atom stereocenters. The second-order valence-corrected chi connectivity index (χ2v) is 14.6. The number of hydrogen-bond acceptors (Lipinski definition) is 9. The van der Waals surface area contributed by atoms with Gasteiger partial charge < -0.3 is 25.8 Å². The quantitative estimate of drug-likeness (QED) is 0.144. The van der Waals surface area contributed by atoms with Crippen molar-refractivity contribution in [3.05, 3.63) is 85.6 Å². The number of carbonyl (C=O) groups is 1. The van der Waals surface area contributed by atoms with Crippen LogP contribution in [0, 0.1) is 0 Å². The van der Waals surface area contributed by atoms with Gasteiger partial charge in [0.2, 0.25) is 11.8 Å². The SMILES string of the molecule is COc1nc(-c2cccc(-c3ccnc(-c4cc5c(=O)n(C)c(CNC6CC(C)(O)C6)nn5c4)c3Cl)c2Cl)cc(Cl)c1CNCC1CCC(=O)N1. The molecule has 4 N–H and O–H groups in total. The molecule has 5 heterocycles. The Kier molecular flexibility index (Phi) is 9.83. The van der Waals surface area contributed by atoms with Gasteiger partial charge in [-0.2, -0.15) is 5.10 Å². The predicted molar refractivity (Wildman–Crippen MR) is 197 cm³/mol. The van der Waals surface area contributed by atoms with Gasteiger partial charge in [0, 0.05) is 78.9 Å². The summed E-state index contributed by atoms with van der Waals surface area (Å²) in [7, 11) is 3.23. The minimum atomic E-state index is -0.651. The molecule has 5 aromatic rings. The number of ether oxygens (including phenoxy) is 1. The Morgan fingerprint density at radius 3 is 2.57 bits per heavy atom. The van der Waals surface area contributed by atoms with Crippen LogP contribution in [0.2, 0.25) is 15.1 Å². The Morgan fingerprint density at radius 2 is 1.84 bits per heavy atom. The Bertz CT molecular complexity index is 2210. The molecule has 1 saturated heterocycles. The molecule has 1 aliphatic carbocycles. The van der Waals surface area contributed by atoms with Crippen LogP contribution >= 0.6 is 34.8 Å². The number of nitrogens with one attached hydrogen (secondary N) is 3. The Balaban J connectivity index is 1.16. The number of pyridine rings is 2. The topological polar surface area (TPSA) is 148 Å². The minimum absolute atomic E-state index is 0.0641. The molecule has 1 saturated carbocycles. The number of methoxy groups -OCH3 is 1. The van der Waals surface area contributed by atoms with E-state index in [2.05, 4.69) is 20.9 Å². The first-order chi connectivity index (χ1) is 24.4. The average molecular weight is 752 g/mol. The highest BCUT2D eigenvalue weighted by atomic mass is 35.5. The molecule has 15 heteroatoms. The third kappa shape index (κ3) is 7.09. The summed E-state index contributed by atoms with van der Waals surface area (Å²) in [5.41, 5.74) is 3.76. The number of nitrogens with zero attached hydrogens (tertiary/aromatic N) is 5. The number of halogens is 3. The molecule has 0 radical (unpaired) electrons. The lowest BCUT2D eigenvalue weighted by Crippen LogP contribution is -2.51. The Hall–Kier alpha value is -4.04. The first kappa shape index (κ1) is 35.4. The van der Waals surface area contributed by atoms with E-state index >= 15 is 0 Å². The first-order valence-electron chi connectivity index (χ1n) is 16.6. The third-order valence-corrected chi connectivity index (χ3v) is 10.7. The summed E-state index contributed by atoms with van der Waals surface area (Å²) < 4.78 is 8.71. The van der Waals surface area contributed by atoms with Crippen LogP contribution in [0.1, 0.15) is 44.0 Å². The van der Waals surface area contributed by atoms with E-state index in [4.69, 9.17) is 49.6 Å². The number of aromatic nitrogens is 5. The molecule has 1 aromatic carbocycles. The number of hydrogen-bond donors (Lipinski definition) is 4. The fourth-order valence-corrected chi connectivity index (χ4v) is 7.72. The standard InChI is InChI=1S/C36H37Cl3N8O4/c1-36(50)13-21(14-36)42-17-29-45-47-18-19(11-28(47)35(49)46(29)2)33-32(39)23(9-10-41-33)22-5-4-6-24(31(22)38)27-12-26(37)25(34(44-27)51-3)16-40-15-20-7-8-30(48)43-20/h4-6,9-12,18,20-21,40,42,50H,7-8,13-17H2,1-3H3,(H,43,48). The van der Waals surface area contributed by atoms with Crippen LogP contribution in [-0.2, 0) is 24.9 Å². The lowest BCUT2D eigenvalue weighted by Gasteiger charge is -2.41. The predicted octanol–water partition coefficient (Wildman–Crippen LogP) is 5.16.